The smallest absolute Gasteiger partial charge is 0.266 e. The number of benzene rings is 2. The van der Waals surface area contributed by atoms with Crippen LogP contribution >= 0.6 is 0 Å². The van der Waals surface area contributed by atoms with Crippen molar-refractivity contribution in [1.82, 2.24) is 10.3 Å². The fourth-order valence-electron chi connectivity index (χ4n) is 1.86. The SMILES string of the molecule is COc1ccc(C(=O)NNS(=O)(=O)c2cccc(F)c2)cc1OC. The number of carbonyl (C=O) groups is 1. The van der Waals surface area contributed by atoms with Crippen molar-refractivity contribution in [3.63, 3.8) is 0 Å². The van der Waals surface area contributed by atoms with Gasteiger partial charge in [-0.1, -0.05) is 6.07 Å². The summed E-state index contributed by atoms with van der Waals surface area (Å²) in [6.45, 7) is 0. The first-order chi connectivity index (χ1) is 11.4. The Bertz CT molecular complexity index is 855. The van der Waals surface area contributed by atoms with Crippen LogP contribution in [0.3, 0.4) is 0 Å². The molecule has 0 unspecified atom stereocenters. The fraction of sp³-hybridized carbons (Fsp3) is 0.133. The molecular weight excluding hydrogens is 339 g/mol. The maximum Gasteiger partial charge on any atom is 0.266 e. The Balaban J connectivity index is 2.13. The van der Waals surface area contributed by atoms with Crippen molar-refractivity contribution < 1.29 is 27.1 Å². The number of ether oxygens (including phenoxy) is 2. The van der Waals surface area contributed by atoms with Gasteiger partial charge in [0.1, 0.15) is 5.82 Å². The molecule has 2 aromatic rings. The van der Waals surface area contributed by atoms with E-state index in [0.717, 1.165) is 12.1 Å². The molecule has 0 fully saturated rings. The second-order valence-corrected chi connectivity index (χ2v) is 6.27. The van der Waals surface area contributed by atoms with Gasteiger partial charge in [0.05, 0.1) is 19.1 Å². The lowest BCUT2D eigenvalue weighted by molar-refractivity contribution is 0.0944. The molecule has 0 saturated heterocycles. The summed E-state index contributed by atoms with van der Waals surface area (Å²) in [7, 11) is -1.23. The zero-order valence-electron chi connectivity index (χ0n) is 12.9. The Hall–Kier alpha value is -2.65. The number of hydrogen-bond acceptors (Lipinski definition) is 5. The Morgan fingerprint density at radius 2 is 1.75 bits per heavy atom. The minimum Gasteiger partial charge on any atom is -0.493 e. The number of nitrogens with one attached hydrogen (secondary N) is 2. The number of hydrogen-bond donors (Lipinski definition) is 2. The van der Waals surface area contributed by atoms with Crippen LogP contribution in [0.5, 0.6) is 11.5 Å². The van der Waals surface area contributed by atoms with Crippen LogP contribution in [0.25, 0.3) is 0 Å². The summed E-state index contributed by atoms with van der Waals surface area (Å²) in [6, 6.07) is 8.74. The van der Waals surface area contributed by atoms with E-state index in [1.165, 1.54) is 44.6 Å². The van der Waals surface area contributed by atoms with Gasteiger partial charge in [-0.05, 0) is 36.4 Å². The van der Waals surface area contributed by atoms with Crippen molar-refractivity contribution in [1.29, 1.82) is 0 Å². The summed E-state index contributed by atoms with van der Waals surface area (Å²) in [4.78, 5) is 13.6. The predicted octanol–water partition coefficient (Wildman–Crippen LogP) is 1.47. The molecule has 1 amide bonds. The molecule has 2 aromatic carbocycles. The van der Waals surface area contributed by atoms with E-state index in [9.17, 15) is 17.6 Å². The Morgan fingerprint density at radius 3 is 2.38 bits per heavy atom. The van der Waals surface area contributed by atoms with E-state index in [4.69, 9.17) is 9.47 Å². The van der Waals surface area contributed by atoms with E-state index < -0.39 is 21.7 Å². The van der Waals surface area contributed by atoms with E-state index >= 15 is 0 Å². The van der Waals surface area contributed by atoms with Crippen LogP contribution in [0.4, 0.5) is 4.39 Å². The molecule has 0 radical (unpaired) electrons. The van der Waals surface area contributed by atoms with Crippen LogP contribution in [-0.4, -0.2) is 28.5 Å². The first-order valence-electron chi connectivity index (χ1n) is 6.67. The quantitative estimate of drug-likeness (QED) is 0.766. The molecule has 0 heterocycles. The van der Waals surface area contributed by atoms with E-state index in [2.05, 4.69) is 5.43 Å². The van der Waals surface area contributed by atoms with Crippen LogP contribution in [-0.2, 0) is 10.0 Å². The largest absolute Gasteiger partial charge is 0.493 e. The highest BCUT2D eigenvalue weighted by Gasteiger charge is 2.17. The van der Waals surface area contributed by atoms with E-state index in [-0.39, 0.29) is 10.5 Å². The Morgan fingerprint density at radius 1 is 1.04 bits per heavy atom. The van der Waals surface area contributed by atoms with E-state index in [0.29, 0.717) is 11.5 Å². The monoisotopic (exact) mass is 354 g/mol. The fourth-order valence-corrected chi connectivity index (χ4v) is 2.73. The summed E-state index contributed by atoms with van der Waals surface area (Å²) in [5.74, 6) is -0.674. The zero-order chi connectivity index (χ0) is 17.7. The van der Waals surface area contributed by atoms with Gasteiger partial charge in [0.2, 0.25) is 0 Å². The minimum absolute atomic E-state index is 0.148. The highest BCUT2D eigenvalue weighted by atomic mass is 32.2. The summed E-state index contributed by atoms with van der Waals surface area (Å²) >= 11 is 0. The number of amides is 1. The molecule has 0 bridgehead atoms. The molecule has 2 N–H and O–H groups in total. The average Bonchev–Trinajstić information content (AvgIpc) is 2.59. The molecule has 0 spiro atoms. The number of hydrazine groups is 1. The van der Waals surface area contributed by atoms with Gasteiger partial charge in [-0.25, -0.2) is 12.8 Å². The average molecular weight is 354 g/mol. The van der Waals surface area contributed by atoms with Crippen LogP contribution < -0.4 is 19.7 Å². The number of rotatable bonds is 6. The van der Waals surface area contributed by atoms with Crippen LogP contribution in [0, 0.1) is 5.82 Å². The molecule has 2 rings (SSSR count). The maximum atomic E-state index is 13.1. The van der Waals surface area contributed by atoms with Crippen LogP contribution in [0.1, 0.15) is 10.4 Å². The van der Waals surface area contributed by atoms with Crippen molar-refractivity contribution >= 4 is 15.9 Å². The molecule has 7 nitrogen and oxygen atoms in total. The zero-order valence-corrected chi connectivity index (χ0v) is 13.7. The third kappa shape index (κ3) is 4.00. The first-order valence-corrected chi connectivity index (χ1v) is 8.15. The third-order valence-electron chi connectivity index (χ3n) is 3.05. The normalized spacial score (nSPS) is 11.0. The van der Waals surface area contributed by atoms with Gasteiger partial charge in [0.15, 0.2) is 11.5 Å². The van der Waals surface area contributed by atoms with Crippen LogP contribution in [0.2, 0.25) is 0 Å². The van der Waals surface area contributed by atoms with Gasteiger partial charge in [0.25, 0.3) is 15.9 Å². The van der Waals surface area contributed by atoms with Gasteiger partial charge in [-0.3, -0.25) is 10.2 Å². The highest BCUT2D eigenvalue weighted by Crippen LogP contribution is 2.27. The third-order valence-corrected chi connectivity index (χ3v) is 4.30. The molecule has 0 aromatic heterocycles. The van der Waals surface area contributed by atoms with Crippen molar-refractivity contribution in [2.24, 2.45) is 0 Å². The summed E-state index contributed by atoms with van der Waals surface area (Å²) in [6.07, 6.45) is 0. The molecule has 128 valence electrons. The van der Waals surface area contributed by atoms with Crippen LogP contribution in [0.15, 0.2) is 47.4 Å². The Labute approximate surface area is 138 Å². The second-order valence-electron chi connectivity index (χ2n) is 4.59. The van der Waals surface area contributed by atoms with Crippen molar-refractivity contribution in [2.45, 2.75) is 4.90 Å². The van der Waals surface area contributed by atoms with Gasteiger partial charge < -0.3 is 9.47 Å². The van der Waals surface area contributed by atoms with E-state index in [1.54, 1.807) is 0 Å². The number of sulfonamides is 1. The second kappa shape index (κ2) is 7.28. The predicted molar refractivity (Wildman–Crippen MR) is 83.7 cm³/mol. The van der Waals surface area contributed by atoms with Crippen molar-refractivity contribution in [2.75, 3.05) is 14.2 Å². The first kappa shape index (κ1) is 17.7. The molecule has 0 aliphatic carbocycles. The topological polar surface area (TPSA) is 93.7 Å². The van der Waals surface area contributed by atoms with Crippen molar-refractivity contribution in [3.05, 3.63) is 53.8 Å². The van der Waals surface area contributed by atoms with Gasteiger partial charge in [-0.2, -0.15) is 0 Å². The molecule has 24 heavy (non-hydrogen) atoms. The molecule has 0 atom stereocenters. The van der Waals surface area contributed by atoms with E-state index in [1.807, 2.05) is 4.83 Å². The van der Waals surface area contributed by atoms with Gasteiger partial charge in [0, 0.05) is 5.56 Å². The molecule has 9 heteroatoms. The Kier molecular flexibility index (Phi) is 5.37. The molecule has 0 aliphatic heterocycles. The molecule has 0 saturated carbocycles. The summed E-state index contributed by atoms with van der Waals surface area (Å²) in [5.41, 5.74) is 2.20. The lowest BCUT2D eigenvalue weighted by atomic mass is 10.2. The molecular formula is C15H15FN2O5S. The number of methoxy groups -OCH3 is 2. The lowest BCUT2D eigenvalue weighted by Crippen LogP contribution is -2.41. The maximum absolute atomic E-state index is 13.1. The summed E-state index contributed by atoms with van der Waals surface area (Å²) < 4.78 is 47.2. The lowest BCUT2D eigenvalue weighted by Gasteiger charge is -2.11. The van der Waals surface area contributed by atoms with Gasteiger partial charge >= 0.3 is 0 Å². The number of halogens is 1. The van der Waals surface area contributed by atoms with Crippen molar-refractivity contribution in [3.8, 4) is 11.5 Å². The standard InChI is InChI=1S/C15H15FN2O5S/c1-22-13-7-6-10(8-14(13)23-2)15(19)17-18-24(20,21)12-5-3-4-11(16)9-12/h3-9,18H,1-2H3,(H,17,19). The minimum atomic E-state index is -4.09. The number of carbonyl (C=O) groups excluding carboxylic acids is 1. The highest BCUT2D eigenvalue weighted by molar-refractivity contribution is 7.89. The van der Waals surface area contributed by atoms with Gasteiger partial charge in [-0.15, -0.1) is 4.83 Å². The molecule has 0 aliphatic rings. The summed E-state index contributed by atoms with van der Waals surface area (Å²) in [5, 5.41) is 0.